The molecular weight excluding hydrogens is 577 g/mol. The van der Waals surface area contributed by atoms with Gasteiger partial charge in [0, 0.05) is 6.20 Å². The SMILES string of the molecule is CC(O)(P(=O)(O)O)P(=O)(O)OP(=O)(O)OC[C@H]1O[C@@H](n2ccc(N)nc2=O)[C@@H](O)[C@@H]1O.CCN(CC)CC. The van der Waals surface area contributed by atoms with E-state index < -0.39 is 64.9 Å². The molecule has 1 aromatic heterocycles. The van der Waals surface area contributed by atoms with E-state index in [4.69, 9.17) is 20.3 Å². The zero-order chi connectivity index (χ0) is 29.7. The first-order valence-corrected chi connectivity index (χ1v) is 15.8. The van der Waals surface area contributed by atoms with E-state index in [2.05, 4.69) is 39.5 Å². The Hall–Kier alpha value is -1.07. The molecule has 18 nitrogen and oxygen atoms in total. The quantitative estimate of drug-likeness (QED) is 0.138. The van der Waals surface area contributed by atoms with Gasteiger partial charge in [-0.3, -0.25) is 18.2 Å². The molecule has 1 saturated heterocycles. The van der Waals surface area contributed by atoms with Gasteiger partial charge in [0.1, 0.15) is 24.1 Å². The third kappa shape index (κ3) is 8.71. The molecule has 1 fully saturated rings. The summed E-state index contributed by atoms with van der Waals surface area (Å²) < 4.78 is 49.2. The van der Waals surface area contributed by atoms with Crippen LogP contribution in [0.5, 0.6) is 0 Å². The standard InChI is InChI=1S/C11H20N3O14P3.C6H15N/c1-11(18,29(19,20)21)30(22,23)28-31(24,25)26-4-5-7(15)8(16)9(27-5)14-3-2-6(12)13-10(14)17;1-4-7(5-2)6-3/h2-3,5,7-9,15-16,18H,4H2,1H3,(H,22,23)(H,24,25)(H2,12,13,17)(H2,19,20,21);4-6H2,1-3H3/t5-,7-,8+,9-,11?;/m1./s1. The molecule has 0 amide bonds. The van der Waals surface area contributed by atoms with Gasteiger partial charge in [0.15, 0.2) is 6.23 Å². The van der Waals surface area contributed by atoms with Crippen LogP contribution in [0.2, 0.25) is 0 Å². The lowest BCUT2D eigenvalue weighted by molar-refractivity contribution is -0.0541. The molecule has 0 aliphatic carbocycles. The van der Waals surface area contributed by atoms with Crippen molar-refractivity contribution in [3.05, 3.63) is 22.7 Å². The van der Waals surface area contributed by atoms with Crippen molar-refractivity contribution >= 4 is 28.8 Å². The minimum Gasteiger partial charge on any atom is -0.387 e. The number of nitrogens with two attached hydrogens (primary N) is 1. The molecule has 1 aliphatic rings. The maximum absolute atomic E-state index is 11.9. The fourth-order valence-electron chi connectivity index (χ4n) is 2.96. The highest BCUT2D eigenvalue weighted by Gasteiger charge is 2.60. The summed E-state index contributed by atoms with van der Waals surface area (Å²) in [7, 11) is -17.1. The van der Waals surface area contributed by atoms with Crippen LogP contribution in [0.15, 0.2) is 17.1 Å². The molecule has 0 bridgehead atoms. The number of aromatic nitrogens is 2. The van der Waals surface area contributed by atoms with Gasteiger partial charge in [0.2, 0.25) is 0 Å². The van der Waals surface area contributed by atoms with Crippen molar-refractivity contribution in [2.75, 3.05) is 32.0 Å². The summed E-state index contributed by atoms with van der Waals surface area (Å²) in [4.78, 5) is 54.6. The zero-order valence-electron chi connectivity index (χ0n) is 21.0. The predicted molar refractivity (Wildman–Crippen MR) is 132 cm³/mol. The molecule has 0 spiro atoms. The van der Waals surface area contributed by atoms with Crippen LogP contribution in [-0.4, -0.2) is 99.0 Å². The summed E-state index contributed by atoms with van der Waals surface area (Å²) >= 11 is 0. The molecule has 2 heterocycles. The van der Waals surface area contributed by atoms with Crippen molar-refractivity contribution in [3.8, 4) is 0 Å². The van der Waals surface area contributed by atoms with Gasteiger partial charge in [-0.25, -0.2) is 13.7 Å². The Balaban J connectivity index is 0.000000905. The van der Waals surface area contributed by atoms with Crippen molar-refractivity contribution in [3.63, 3.8) is 0 Å². The molecule has 3 unspecified atom stereocenters. The molecular formula is C17H35N4O14P3. The molecule has 38 heavy (non-hydrogen) atoms. The van der Waals surface area contributed by atoms with Crippen LogP contribution in [0.25, 0.3) is 0 Å². The summed E-state index contributed by atoms with van der Waals surface area (Å²) in [5, 5.41) is 25.9. The van der Waals surface area contributed by atoms with Crippen LogP contribution < -0.4 is 11.4 Å². The van der Waals surface area contributed by atoms with Gasteiger partial charge in [-0.2, -0.15) is 4.98 Å². The second-order valence-corrected chi connectivity index (χ2v) is 14.2. The Morgan fingerprint density at radius 1 is 1.11 bits per heavy atom. The van der Waals surface area contributed by atoms with Crippen molar-refractivity contribution in [2.24, 2.45) is 0 Å². The van der Waals surface area contributed by atoms with Gasteiger partial charge >= 0.3 is 28.7 Å². The first-order chi connectivity index (χ1) is 17.2. The lowest BCUT2D eigenvalue weighted by atomic mass is 10.1. The summed E-state index contributed by atoms with van der Waals surface area (Å²) in [5.74, 6) is -0.132. The van der Waals surface area contributed by atoms with E-state index in [1.54, 1.807) is 0 Å². The maximum Gasteiger partial charge on any atom is 0.479 e. The van der Waals surface area contributed by atoms with E-state index in [-0.39, 0.29) is 12.7 Å². The highest BCUT2D eigenvalue weighted by atomic mass is 31.3. The number of aliphatic hydroxyl groups excluding tert-OH is 2. The van der Waals surface area contributed by atoms with Crippen LogP contribution in [-0.2, 0) is 27.3 Å². The minimum atomic E-state index is -5.86. The number of anilines is 1. The second-order valence-electron chi connectivity index (χ2n) is 8.09. The molecule has 1 aliphatic heterocycles. The summed E-state index contributed by atoms with van der Waals surface area (Å²) in [6.45, 7) is 9.27. The molecule has 1 aromatic rings. The lowest BCUT2D eigenvalue weighted by Crippen LogP contribution is -2.36. The molecule has 222 valence electrons. The molecule has 7 atom stereocenters. The Morgan fingerprint density at radius 2 is 1.63 bits per heavy atom. The predicted octanol–water partition coefficient (Wildman–Crippen LogP) is -1.04. The van der Waals surface area contributed by atoms with E-state index in [1.165, 1.54) is 25.7 Å². The van der Waals surface area contributed by atoms with Gasteiger partial charge in [-0.1, -0.05) is 20.8 Å². The van der Waals surface area contributed by atoms with Crippen LogP contribution in [0.3, 0.4) is 0 Å². The first-order valence-electron chi connectivity index (χ1n) is 11.1. The monoisotopic (exact) mass is 612 g/mol. The Bertz CT molecular complexity index is 1120. The number of ether oxygens (including phenoxy) is 1. The summed E-state index contributed by atoms with van der Waals surface area (Å²) in [5.41, 5.74) is 4.39. The molecule has 0 aromatic carbocycles. The number of nitrogen functional groups attached to an aromatic ring is 1. The van der Waals surface area contributed by atoms with Crippen LogP contribution >= 0.6 is 23.0 Å². The highest BCUT2D eigenvalue weighted by molar-refractivity contribution is 7.75. The number of aliphatic hydroxyl groups is 3. The molecule has 21 heteroatoms. The van der Waals surface area contributed by atoms with E-state index in [1.807, 2.05) is 0 Å². The largest absolute Gasteiger partial charge is 0.479 e. The van der Waals surface area contributed by atoms with Gasteiger partial charge < -0.3 is 50.3 Å². The second kappa shape index (κ2) is 13.5. The number of hydrogen-bond acceptors (Lipinski definition) is 13. The summed E-state index contributed by atoms with van der Waals surface area (Å²) in [6.07, 6.45) is -5.51. The highest BCUT2D eigenvalue weighted by Crippen LogP contribution is 2.74. The van der Waals surface area contributed by atoms with E-state index >= 15 is 0 Å². The fraction of sp³-hybridized carbons (Fsp3) is 0.765. The number of phosphoric acid groups is 1. The minimum absolute atomic E-state index is 0.132. The molecule has 0 saturated carbocycles. The Kier molecular flexibility index (Phi) is 12.4. The van der Waals surface area contributed by atoms with Gasteiger partial charge in [-0.05, 0) is 32.6 Å². The van der Waals surface area contributed by atoms with Crippen molar-refractivity contribution in [2.45, 2.75) is 57.3 Å². The normalized spacial score (nSPS) is 26.6. The van der Waals surface area contributed by atoms with Crippen molar-refractivity contribution in [1.82, 2.24) is 14.5 Å². The zero-order valence-corrected chi connectivity index (χ0v) is 23.7. The Morgan fingerprint density at radius 3 is 2.05 bits per heavy atom. The molecule has 9 N–H and O–H groups in total. The van der Waals surface area contributed by atoms with E-state index in [0.29, 0.717) is 0 Å². The number of nitrogens with zero attached hydrogens (tertiary/aromatic N) is 3. The van der Waals surface area contributed by atoms with E-state index in [9.17, 15) is 43.6 Å². The Labute approximate surface area is 217 Å². The first kappa shape index (κ1) is 35.0. The number of rotatable bonds is 11. The third-order valence-corrected chi connectivity index (χ3v) is 11.4. The number of hydrogen-bond donors (Lipinski definition) is 8. The summed E-state index contributed by atoms with van der Waals surface area (Å²) in [6, 6.07) is 1.19. The smallest absolute Gasteiger partial charge is 0.387 e. The fourth-order valence-corrected chi connectivity index (χ4v) is 6.87. The van der Waals surface area contributed by atoms with Crippen molar-refractivity contribution < 1.29 is 62.2 Å². The molecule has 2 rings (SSSR count). The van der Waals surface area contributed by atoms with E-state index in [0.717, 1.165) is 10.8 Å². The lowest BCUT2D eigenvalue weighted by Gasteiger charge is -2.29. The van der Waals surface area contributed by atoms with Crippen LogP contribution in [0, 0.1) is 0 Å². The third-order valence-electron chi connectivity index (χ3n) is 5.51. The average Bonchev–Trinajstić information content (AvgIpc) is 3.06. The van der Waals surface area contributed by atoms with Crippen LogP contribution in [0.1, 0.15) is 33.9 Å². The van der Waals surface area contributed by atoms with Crippen LogP contribution in [0.4, 0.5) is 5.82 Å². The average molecular weight is 612 g/mol. The maximum atomic E-state index is 11.9. The van der Waals surface area contributed by atoms with Gasteiger partial charge in [-0.15, -0.1) is 0 Å². The number of phosphoric ester groups is 1. The van der Waals surface area contributed by atoms with Gasteiger partial charge in [0.25, 0.3) is 5.08 Å². The topological polar surface area (TPSA) is 285 Å². The van der Waals surface area contributed by atoms with Gasteiger partial charge in [0.05, 0.1) is 6.61 Å². The molecule has 0 radical (unpaired) electrons. The van der Waals surface area contributed by atoms with Crippen molar-refractivity contribution in [1.29, 1.82) is 0 Å².